The van der Waals surface area contributed by atoms with Crippen LogP contribution in [0.2, 0.25) is 0 Å². The molecule has 0 spiro atoms. The summed E-state index contributed by atoms with van der Waals surface area (Å²) in [4.78, 5) is 0. The number of benzene rings is 1. The molecule has 1 N–H and O–H groups in total. The van der Waals surface area contributed by atoms with Crippen LogP contribution in [0.5, 0.6) is 5.75 Å². The van der Waals surface area contributed by atoms with Gasteiger partial charge in [0.15, 0.2) is 5.75 Å². The molecule has 96 valence electrons. The molecule has 0 bridgehead atoms. The first-order valence-corrected chi connectivity index (χ1v) is 6.78. The van der Waals surface area contributed by atoms with Crippen LogP contribution >= 0.6 is 22.6 Å². The molecule has 1 aromatic heterocycles. The van der Waals surface area contributed by atoms with Gasteiger partial charge in [-0.1, -0.05) is 12.1 Å². The third kappa shape index (κ3) is 2.51. The lowest BCUT2D eigenvalue weighted by molar-refractivity contribution is 0.202. The third-order valence-electron chi connectivity index (χ3n) is 2.79. The zero-order chi connectivity index (χ0) is 13.1. The van der Waals surface area contributed by atoms with Gasteiger partial charge >= 0.3 is 0 Å². The molecule has 0 saturated heterocycles. The predicted octanol–water partition coefficient (Wildman–Crippen LogP) is 2.60. The van der Waals surface area contributed by atoms with Crippen LogP contribution in [0, 0.1) is 3.57 Å². The fraction of sp³-hybridized carbons (Fsp3) is 0.308. The van der Waals surface area contributed by atoms with Crippen LogP contribution in [-0.4, -0.2) is 22.0 Å². The first-order chi connectivity index (χ1) is 8.67. The van der Waals surface area contributed by atoms with Gasteiger partial charge in [0.05, 0.1) is 13.3 Å². The molecule has 0 amide bonds. The van der Waals surface area contributed by atoms with Gasteiger partial charge in [-0.2, -0.15) is 5.10 Å². The Morgan fingerprint density at radius 2 is 2.28 bits per heavy atom. The minimum absolute atomic E-state index is 0.614. The maximum absolute atomic E-state index is 10.5. The zero-order valence-electron chi connectivity index (χ0n) is 10.3. The van der Waals surface area contributed by atoms with Crippen LogP contribution in [0.3, 0.4) is 0 Å². The maximum Gasteiger partial charge on any atom is 0.163 e. The summed E-state index contributed by atoms with van der Waals surface area (Å²) in [7, 11) is 1.59. The Balaban J connectivity index is 2.44. The summed E-state index contributed by atoms with van der Waals surface area (Å²) >= 11 is 2.23. The average Bonchev–Trinajstić information content (AvgIpc) is 2.80. The van der Waals surface area contributed by atoms with E-state index < -0.39 is 6.10 Å². The second-order valence-electron chi connectivity index (χ2n) is 3.87. The van der Waals surface area contributed by atoms with Crippen LogP contribution in [0.25, 0.3) is 0 Å². The highest BCUT2D eigenvalue weighted by Crippen LogP contribution is 2.30. The summed E-state index contributed by atoms with van der Waals surface area (Å²) in [5.74, 6) is 0.614. The molecule has 1 atom stereocenters. The van der Waals surface area contributed by atoms with E-state index in [2.05, 4.69) is 27.7 Å². The van der Waals surface area contributed by atoms with E-state index in [1.54, 1.807) is 18.0 Å². The van der Waals surface area contributed by atoms with E-state index in [0.717, 1.165) is 9.13 Å². The molecule has 0 aliphatic heterocycles. The maximum atomic E-state index is 10.5. The van der Waals surface area contributed by atoms with Crippen LogP contribution in [0.4, 0.5) is 0 Å². The number of methoxy groups -OCH3 is 1. The van der Waals surface area contributed by atoms with Crippen molar-refractivity contribution in [2.24, 2.45) is 0 Å². The Labute approximate surface area is 120 Å². The van der Waals surface area contributed by atoms with Gasteiger partial charge in [-0.15, -0.1) is 0 Å². The number of aromatic nitrogens is 2. The molecule has 0 aliphatic carbocycles. The monoisotopic (exact) mass is 358 g/mol. The van der Waals surface area contributed by atoms with Crippen LogP contribution in [0.15, 0.2) is 30.5 Å². The number of aliphatic hydroxyl groups is 1. The average molecular weight is 358 g/mol. The Hall–Kier alpha value is -1.08. The van der Waals surface area contributed by atoms with Crippen molar-refractivity contribution < 1.29 is 9.84 Å². The van der Waals surface area contributed by atoms with Gasteiger partial charge in [0.2, 0.25) is 0 Å². The van der Waals surface area contributed by atoms with Gasteiger partial charge in [0.1, 0.15) is 11.8 Å². The van der Waals surface area contributed by atoms with E-state index in [9.17, 15) is 5.11 Å². The largest absolute Gasteiger partial charge is 0.493 e. The summed E-state index contributed by atoms with van der Waals surface area (Å²) in [6.07, 6.45) is 0.910. The molecule has 2 aromatic rings. The van der Waals surface area contributed by atoms with Crippen molar-refractivity contribution in [1.82, 2.24) is 9.78 Å². The Bertz CT molecular complexity index is 518. The van der Waals surface area contributed by atoms with E-state index in [4.69, 9.17) is 4.74 Å². The van der Waals surface area contributed by atoms with Crippen LogP contribution < -0.4 is 4.74 Å². The lowest BCUT2D eigenvalue weighted by Gasteiger charge is -2.14. The molecule has 1 aromatic carbocycles. The second kappa shape index (κ2) is 5.71. The number of rotatable bonds is 4. The first-order valence-electron chi connectivity index (χ1n) is 5.70. The van der Waals surface area contributed by atoms with E-state index >= 15 is 0 Å². The van der Waals surface area contributed by atoms with E-state index in [1.807, 2.05) is 31.2 Å². The molecule has 0 aliphatic rings. The molecule has 18 heavy (non-hydrogen) atoms. The second-order valence-corrected chi connectivity index (χ2v) is 5.12. The quantitative estimate of drug-likeness (QED) is 0.855. The van der Waals surface area contributed by atoms with Gasteiger partial charge in [0.25, 0.3) is 0 Å². The minimum atomic E-state index is -0.725. The topological polar surface area (TPSA) is 47.3 Å². The molecule has 2 rings (SSSR count). The number of hydrogen-bond acceptors (Lipinski definition) is 3. The van der Waals surface area contributed by atoms with Crippen molar-refractivity contribution in [3.63, 3.8) is 0 Å². The van der Waals surface area contributed by atoms with Gasteiger partial charge in [-0.05, 0) is 47.2 Å². The van der Waals surface area contributed by atoms with Gasteiger partial charge in [0, 0.05) is 10.1 Å². The molecule has 0 radical (unpaired) electrons. The number of aliphatic hydroxyl groups excluding tert-OH is 1. The number of aryl methyl sites for hydroxylation is 1. The molecule has 1 heterocycles. The highest BCUT2D eigenvalue weighted by Gasteiger charge is 2.21. The highest BCUT2D eigenvalue weighted by molar-refractivity contribution is 14.1. The molecule has 1 unspecified atom stereocenters. The third-order valence-corrected chi connectivity index (χ3v) is 3.46. The first kappa shape index (κ1) is 13.4. The number of ether oxygens (including phenoxy) is 1. The molecule has 0 saturated carbocycles. The van der Waals surface area contributed by atoms with Crippen molar-refractivity contribution in [2.75, 3.05) is 7.11 Å². The summed E-state index contributed by atoms with van der Waals surface area (Å²) in [5.41, 5.74) is 1.54. The molecular weight excluding hydrogens is 343 g/mol. The van der Waals surface area contributed by atoms with Crippen molar-refractivity contribution in [3.8, 4) is 5.75 Å². The lowest BCUT2D eigenvalue weighted by atomic mass is 10.1. The van der Waals surface area contributed by atoms with Gasteiger partial charge in [-0.25, -0.2) is 0 Å². The Kier molecular flexibility index (Phi) is 4.23. The van der Waals surface area contributed by atoms with E-state index in [0.29, 0.717) is 18.0 Å². The summed E-state index contributed by atoms with van der Waals surface area (Å²) < 4.78 is 8.10. The van der Waals surface area contributed by atoms with E-state index in [1.165, 1.54) is 0 Å². The fourth-order valence-corrected chi connectivity index (χ4v) is 2.46. The normalized spacial score (nSPS) is 12.4. The van der Waals surface area contributed by atoms with Crippen molar-refractivity contribution in [3.05, 3.63) is 45.3 Å². The fourth-order valence-electron chi connectivity index (χ4n) is 1.90. The highest BCUT2D eigenvalue weighted by atomic mass is 127. The van der Waals surface area contributed by atoms with Gasteiger partial charge < -0.3 is 9.84 Å². The predicted molar refractivity (Wildman–Crippen MR) is 77.7 cm³/mol. The number of hydrogen-bond donors (Lipinski definition) is 1. The standard InChI is InChI=1S/C13H15IN2O2/c1-3-16-12(11(18-2)8-15-16)13(17)9-5-4-6-10(14)7-9/h4-8,13,17H,3H2,1-2H3. The zero-order valence-corrected chi connectivity index (χ0v) is 12.5. The van der Waals surface area contributed by atoms with Crippen molar-refractivity contribution in [1.29, 1.82) is 0 Å². The minimum Gasteiger partial charge on any atom is -0.493 e. The molecule has 5 heteroatoms. The smallest absolute Gasteiger partial charge is 0.163 e. The summed E-state index contributed by atoms with van der Waals surface area (Å²) in [5, 5.41) is 14.7. The summed E-state index contributed by atoms with van der Waals surface area (Å²) in [6, 6.07) is 7.78. The van der Waals surface area contributed by atoms with Gasteiger partial charge in [-0.3, -0.25) is 4.68 Å². The van der Waals surface area contributed by atoms with E-state index in [-0.39, 0.29) is 0 Å². The molecular formula is C13H15IN2O2. The molecule has 0 fully saturated rings. The van der Waals surface area contributed by atoms with Crippen LogP contribution in [-0.2, 0) is 6.54 Å². The summed E-state index contributed by atoms with van der Waals surface area (Å²) in [6.45, 7) is 2.68. The number of nitrogens with zero attached hydrogens (tertiary/aromatic N) is 2. The SMILES string of the molecule is CCn1ncc(OC)c1C(O)c1cccc(I)c1. The lowest BCUT2D eigenvalue weighted by Crippen LogP contribution is -2.10. The number of halogens is 1. The Morgan fingerprint density at radius 1 is 1.50 bits per heavy atom. The Morgan fingerprint density at radius 3 is 2.89 bits per heavy atom. The van der Waals surface area contributed by atoms with Crippen molar-refractivity contribution >= 4 is 22.6 Å². The molecule has 4 nitrogen and oxygen atoms in total. The van der Waals surface area contributed by atoms with Crippen LogP contribution in [0.1, 0.15) is 24.3 Å². The van der Waals surface area contributed by atoms with Crippen molar-refractivity contribution in [2.45, 2.75) is 19.6 Å².